The third kappa shape index (κ3) is 17.3. The molecule has 0 radical (unpaired) electrons. The molecule has 458 valence electrons. The van der Waals surface area contributed by atoms with Gasteiger partial charge in [-0.2, -0.15) is 26.3 Å². The van der Waals surface area contributed by atoms with Crippen LogP contribution in [0.15, 0.2) is 105 Å². The van der Waals surface area contributed by atoms with E-state index in [1.165, 1.54) is 24.3 Å². The molecule has 1 aliphatic rings. The number of alkyl halides is 6. The van der Waals surface area contributed by atoms with Crippen molar-refractivity contribution < 1.29 is 199 Å². The van der Waals surface area contributed by atoms with Crippen molar-refractivity contribution in [2.24, 2.45) is 5.92 Å². The minimum absolute atomic E-state index is 0. The predicted molar refractivity (Wildman–Crippen MR) is 317 cm³/mol. The molecular formula is C59H62BBrCs2F6N8O11. The van der Waals surface area contributed by atoms with Gasteiger partial charge in [-0.3, -0.25) is 23.5 Å². The number of nitrogens with one attached hydrogen (secondary N) is 4. The van der Waals surface area contributed by atoms with E-state index in [1.54, 1.807) is 32.0 Å². The monoisotopic (exact) mass is 1530 g/mol. The SMILES string of the molecule is CC(C)C.Cc1ccc2c(ccc(=O)n2CC(F)(F)F)c1-c1cc(-c2c(C)noc2C)cc2[nH]c(=O)[nH]c12.Cc1ccc2c(ccc(=O)n2CC(F)(F)F)c1Br.Cc1noc(C)c1-c1cc(B2OC(C)(C)C(C)(C)O2)c2[nH]c(=O)[nH]c2c1.O=CO[O-].[Cs+].[Cs+].[H-]. The summed E-state index contributed by atoms with van der Waals surface area (Å²) in [5.74, 6) is 2.15. The summed E-state index contributed by atoms with van der Waals surface area (Å²) in [6.07, 6.45) is -8.99. The Morgan fingerprint density at radius 1 is 0.636 bits per heavy atom. The third-order valence-electron chi connectivity index (χ3n) is 14.1. The number of nitrogens with zero attached hydrogens (tertiary/aromatic N) is 4. The van der Waals surface area contributed by atoms with Gasteiger partial charge in [-0.15, -0.1) is 0 Å². The second-order valence-electron chi connectivity index (χ2n) is 22.1. The number of hydrogen-bond acceptors (Lipinski definition) is 13. The summed E-state index contributed by atoms with van der Waals surface area (Å²) in [4.78, 5) is 70.5. The van der Waals surface area contributed by atoms with Gasteiger partial charge in [0, 0.05) is 49.5 Å². The number of fused-ring (bicyclic) bond motifs is 4. The van der Waals surface area contributed by atoms with Gasteiger partial charge in [0.15, 0.2) is 0 Å². The van der Waals surface area contributed by atoms with Gasteiger partial charge < -0.3 is 49.9 Å². The van der Waals surface area contributed by atoms with E-state index in [0.29, 0.717) is 64.5 Å². The van der Waals surface area contributed by atoms with Crippen LogP contribution in [0.2, 0.25) is 0 Å². The number of aromatic amines is 4. The van der Waals surface area contributed by atoms with Crippen LogP contribution in [0.25, 0.3) is 77.3 Å². The Labute approximate surface area is 626 Å². The Bertz CT molecular complexity index is 4360. The van der Waals surface area contributed by atoms with E-state index in [2.05, 4.69) is 71.8 Å². The van der Waals surface area contributed by atoms with E-state index in [0.717, 1.165) is 72.9 Å². The van der Waals surface area contributed by atoms with Crippen LogP contribution in [-0.4, -0.2) is 76.5 Å². The topological polar surface area (TPSA) is 261 Å². The van der Waals surface area contributed by atoms with Gasteiger partial charge in [0.05, 0.1) is 55.7 Å². The molecule has 0 aliphatic carbocycles. The molecule has 0 unspecified atom stereocenters. The van der Waals surface area contributed by atoms with Crippen LogP contribution < -0.4 is 171 Å². The van der Waals surface area contributed by atoms with E-state index in [-0.39, 0.29) is 162 Å². The molecule has 0 bridgehead atoms. The molecule has 0 amide bonds. The molecule has 0 atom stereocenters. The van der Waals surface area contributed by atoms with E-state index >= 15 is 0 Å². The standard InChI is InChI=1S/C24H19F3N4O3.C18H22BN3O4.C12H9BrF3NO.C4H10.CH2O3.2Cs.H/c1-11-4-6-18-15(5-7-19(32)31(18)10-24(25,26)27)20(11)16-8-14(21-12(2)30-34-13(21)3)9-17-22(16)29-23(33)28-17;1-9-14(10(2)24-22-9)11-7-12(15-13(8-11)20-16(23)21-15)19-25-17(3,4)18(5,6)26-19;1-7-2-4-9-8(11(7)13)3-5-10(18)17(9)6-12(14,15)16;1-4(2)3;2-1-4-3;;;/h4-9H,10H2,1-3H3,(H2,28,29,33);7-8H,1-6H3,(H2,20,21,23);2-5H,6H2,1H3;4H,1-3H3;1,3H;;;/q;;;;;2*+1;-1/p-1. The van der Waals surface area contributed by atoms with Crippen LogP contribution >= 0.6 is 15.9 Å². The molecule has 1 aliphatic heterocycles. The number of aryl methyl sites for hydroxylation is 6. The Morgan fingerprint density at radius 2 is 1.05 bits per heavy atom. The quantitative estimate of drug-likeness (QED) is 0.0523. The van der Waals surface area contributed by atoms with Crippen molar-refractivity contribution in [3.8, 4) is 33.4 Å². The molecule has 10 aromatic rings. The van der Waals surface area contributed by atoms with Crippen molar-refractivity contribution in [1.29, 1.82) is 0 Å². The van der Waals surface area contributed by atoms with Crippen molar-refractivity contribution in [3.05, 3.63) is 153 Å². The number of pyridine rings is 2. The normalized spacial score (nSPS) is 13.4. The first kappa shape index (κ1) is 74.6. The number of aromatic nitrogens is 8. The smallest absolute Gasteiger partial charge is 1.00 e. The van der Waals surface area contributed by atoms with Gasteiger partial charge >= 0.3 is 169 Å². The van der Waals surface area contributed by atoms with Crippen LogP contribution in [0.1, 0.15) is 83.9 Å². The fraction of sp³-hybridized carbons (Fsp3) is 0.339. The molecule has 4 aromatic carbocycles. The second kappa shape index (κ2) is 30.1. The first-order valence-electron chi connectivity index (χ1n) is 26.6. The Morgan fingerprint density at radius 3 is 1.48 bits per heavy atom. The average Bonchev–Trinajstić information content (AvgIpc) is 1.97. The number of carbonyl (C=O) groups excluding carboxylic acids is 1. The Kier molecular flexibility index (Phi) is 25.5. The molecule has 11 rings (SSSR count). The van der Waals surface area contributed by atoms with Crippen LogP contribution in [0, 0.1) is 47.5 Å². The molecule has 0 saturated carbocycles. The maximum absolute atomic E-state index is 13.2. The Balaban J connectivity index is 0.000000274. The van der Waals surface area contributed by atoms with E-state index in [9.17, 15) is 45.5 Å². The van der Waals surface area contributed by atoms with Crippen molar-refractivity contribution in [2.45, 2.75) is 127 Å². The second-order valence-corrected chi connectivity index (χ2v) is 22.9. The summed E-state index contributed by atoms with van der Waals surface area (Å²) in [6.45, 7) is 22.6. The first-order valence-corrected chi connectivity index (χ1v) is 27.4. The zero-order chi connectivity index (χ0) is 63.7. The maximum atomic E-state index is 13.2. The summed E-state index contributed by atoms with van der Waals surface area (Å²) in [5, 5.41) is 17.5. The molecule has 88 heavy (non-hydrogen) atoms. The Hall–Kier alpha value is -4.16. The summed E-state index contributed by atoms with van der Waals surface area (Å²) >= 11 is 3.32. The van der Waals surface area contributed by atoms with Crippen LogP contribution in [-0.2, 0) is 32.1 Å². The third-order valence-corrected chi connectivity index (χ3v) is 15.1. The number of benzene rings is 4. The van der Waals surface area contributed by atoms with Crippen LogP contribution in [0.5, 0.6) is 0 Å². The maximum Gasteiger partial charge on any atom is 1.00 e. The summed E-state index contributed by atoms with van der Waals surface area (Å²) in [5.41, 5.74) is 8.21. The van der Waals surface area contributed by atoms with E-state index < -0.39 is 60.6 Å². The molecule has 4 N–H and O–H groups in total. The van der Waals surface area contributed by atoms with Crippen molar-refractivity contribution in [1.82, 2.24) is 39.4 Å². The van der Waals surface area contributed by atoms with E-state index in [1.807, 2.05) is 73.6 Å². The minimum Gasteiger partial charge on any atom is -1.00 e. The molecule has 1 fully saturated rings. The van der Waals surface area contributed by atoms with Gasteiger partial charge in [-0.1, -0.05) is 49.3 Å². The zero-order valence-corrected chi connectivity index (χ0v) is 65.1. The van der Waals surface area contributed by atoms with Crippen LogP contribution in [0.4, 0.5) is 26.3 Å². The molecule has 19 nitrogen and oxygen atoms in total. The van der Waals surface area contributed by atoms with Crippen molar-refractivity contribution in [2.75, 3.05) is 0 Å². The molecule has 29 heteroatoms. The van der Waals surface area contributed by atoms with Crippen molar-refractivity contribution in [3.63, 3.8) is 0 Å². The van der Waals surface area contributed by atoms with Gasteiger partial charge in [-0.25, -0.2) is 9.59 Å². The number of H-pyrrole nitrogens is 4. The molecular weight excluding hydrogens is 1470 g/mol. The summed E-state index contributed by atoms with van der Waals surface area (Å²) in [6, 6.07) is 19.2. The number of hydrogen-bond donors (Lipinski definition) is 4. The summed E-state index contributed by atoms with van der Waals surface area (Å²) in [7, 11) is -0.589. The number of carbonyl (C=O) groups is 1. The molecule has 0 spiro atoms. The van der Waals surface area contributed by atoms with Gasteiger partial charge in [0.25, 0.3) is 17.6 Å². The molecule has 1 saturated heterocycles. The number of rotatable bonds is 7. The van der Waals surface area contributed by atoms with Gasteiger partial charge in [0.2, 0.25) is 0 Å². The fourth-order valence-corrected chi connectivity index (χ4v) is 10.2. The van der Waals surface area contributed by atoms with E-state index in [4.69, 9.17) is 28.4 Å². The van der Waals surface area contributed by atoms with Gasteiger partial charge in [0.1, 0.15) is 24.6 Å². The first-order chi connectivity index (χ1) is 40.1. The number of halogens is 7. The van der Waals surface area contributed by atoms with Gasteiger partial charge in [-0.05, 0) is 161 Å². The van der Waals surface area contributed by atoms with Crippen molar-refractivity contribution >= 4 is 78.9 Å². The summed E-state index contributed by atoms with van der Waals surface area (Å²) < 4.78 is 102. The minimum atomic E-state index is -4.56. The zero-order valence-electron chi connectivity index (χ0n) is 52.0. The average molecular weight is 1530 g/mol. The molecule has 7 heterocycles. The predicted octanol–water partition coefficient (Wildman–Crippen LogP) is 5.26. The molecule has 6 aromatic heterocycles. The largest absolute Gasteiger partial charge is 1.00 e. The fourth-order valence-electron chi connectivity index (χ4n) is 9.72. The van der Waals surface area contributed by atoms with Crippen LogP contribution in [0.3, 0.4) is 0 Å². The number of imidazole rings is 2.